The van der Waals surface area contributed by atoms with Crippen LogP contribution in [-0.4, -0.2) is 29.7 Å². The molecule has 6 heteroatoms. The lowest BCUT2D eigenvalue weighted by Gasteiger charge is -2.31. The second kappa shape index (κ2) is 10.0. The topological polar surface area (TPSA) is 27.7 Å². The fourth-order valence-corrected chi connectivity index (χ4v) is 2.84. The Hall–Kier alpha value is -0.823. The van der Waals surface area contributed by atoms with Crippen molar-refractivity contribution in [1.82, 2.24) is 0 Å². The number of unbranched alkanes of at least 4 members (excludes halogenated alkanes) is 2. The Morgan fingerprint density at radius 1 is 1.05 bits per heavy atom. The van der Waals surface area contributed by atoms with E-state index in [0.717, 1.165) is 25.3 Å². The third-order valence-corrected chi connectivity index (χ3v) is 4.11. The standard InChI is InChI=1S/C16H26F2O3Si/c1-3-19-16(21-22,20-4-2)11-7-5-6-8-13-9-10-14(17)12-15(13)18/h9-10,12H,3-8,11H2,1-2,22H3. The van der Waals surface area contributed by atoms with Crippen molar-refractivity contribution in [2.24, 2.45) is 0 Å². The van der Waals surface area contributed by atoms with Crippen LogP contribution in [0.25, 0.3) is 0 Å². The van der Waals surface area contributed by atoms with Crippen LogP contribution in [0, 0.1) is 11.6 Å². The van der Waals surface area contributed by atoms with Gasteiger partial charge in [-0.05, 0) is 44.7 Å². The molecule has 3 nitrogen and oxygen atoms in total. The highest BCUT2D eigenvalue weighted by atomic mass is 28.2. The summed E-state index contributed by atoms with van der Waals surface area (Å²) < 4.78 is 43.1. The SMILES string of the molecule is CCOC(CCCCCc1ccc(F)cc1F)(O[SiH3])OCC. The lowest BCUT2D eigenvalue weighted by molar-refractivity contribution is -0.344. The molecule has 0 aromatic heterocycles. The second-order valence-corrected chi connectivity index (χ2v) is 5.46. The van der Waals surface area contributed by atoms with E-state index in [1.165, 1.54) is 12.1 Å². The molecule has 0 saturated heterocycles. The number of ether oxygens (including phenoxy) is 2. The largest absolute Gasteiger partial charge is 0.380 e. The lowest BCUT2D eigenvalue weighted by Crippen LogP contribution is -2.38. The van der Waals surface area contributed by atoms with Crippen LogP contribution in [-0.2, 0) is 20.3 Å². The fourth-order valence-electron chi connectivity index (χ4n) is 2.40. The van der Waals surface area contributed by atoms with Crippen LogP contribution in [0.4, 0.5) is 8.78 Å². The zero-order valence-electron chi connectivity index (χ0n) is 13.7. The fraction of sp³-hybridized carbons (Fsp3) is 0.625. The summed E-state index contributed by atoms with van der Waals surface area (Å²) in [6, 6.07) is 3.74. The van der Waals surface area contributed by atoms with Crippen molar-refractivity contribution in [2.75, 3.05) is 13.2 Å². The van der Waals surface area contributed by atoms with Crippen molar-refractivity contribution in [3.8, 4) is 0 Å². The Morgan fingerprint density at radius 2 is 1.73 bits per heavy atom. The van der Waals surface area contributed by atoms with Crippen LogP contribution in [0.15, 0.2) is 18.2 Å². The molecule has 1 rings (SSSR count). The highest BCUT2D eigenvalue weighted by Gasteiger charge is 2.29. The molecule has 0 unspecified atom stereocenters. The van der Waals surface area contributed by atoms with Gasteiger partial charge in [-0.25, -0.2) is 8.78 Å². The molecule has 0 amide bonds. The smallest absolute Gasteiger partial charge is 0.272 e. The first kappa shape index (κ1) is 19.2. The highest BCUT2D eigenvalue weighted by Crippen LogP contribution is 2.23. The maximum absolute atomic E-state index is 13.5. The van der Waals surface area contributed by atoms with E-state index in [1.54, 1.807) is 0 Å². The Balaban J connectivity index is 2.36. The Labute approximate surface area is 134 Å². The molecule has 0 atom stereocenters. The maximum atomic E-state index is 13.5. The van der Waals surface area contributed by atoms with Crippen LogP contribution in [0.2, 0.25) is 0 Å². The molecular weight excluding hydrogens is 306 g/mol. The molecule has 1 aromatic rings. The molecule has 1 aromatic carbocycles. The van der Waals surface area contributed by atoms with Crippen LogP contribution in [0.5, 0.6) is 0 Å². The molecule has 22 heavy (non-hydrogen) atoms. The average Bonchev–Trinajstić information content (AvgIpc) is 2.49. The summed E-state index contributed by atoms with van der Waals surface area (Å²) in [5.41, 5.74) is 0.557. The van der Waals surface area contributed by atoms with E-state index < -0.39 is 17.6 Å². The molecule has 0 aliphatic heterocycles. The molecule has 0 heterocycles. The molecule has 0 spiro atoms. The molecule has 0 bridgehead atoms. The van der Waals surface area contributed by atoms with E-state index in [1.807, 2.05) is 13.8 Å². The summed E-state index contributed by atoms with van der Waals surface area (Å²) in [6.45, 7) is 4.88. The lowest BCUT2D eigenvalue weighted by atomic mass is 10.1. The quantitative estimate of drug-likeness (QED) is 0.354. The van der Waals surface area contributed by atoms with Gasteiger partial charge in [0.05, 0.1) is 0 Å². The van der Waals surface area contributed by atoms with Gasteiger partial charge in [-0.3, -0.25) is 0 Å². The Bertz CT molecular complexity index is 437. The summed E-state index contributed by atoms with van der Waals surface area (Å²) in [6.07, 6.45) is 3.86. The van der Waals surface area contributed by atoms with Gasteiger partial charge in [-0.1, -0.05) is 12.5 Å². The molecule has 0 aliphatic carbocycles. The number of hydrogen-bond acceptors (Lipinski definition) is 3. The Morgan fingerprint density at radius 3 is 2.27 bits per heavy atom. The monoisotopic (exact) mass is 332 g/mol. The summed E-state index contributed by atoms with van der Waals surface area (Å²) in [7, 11) is 0.536. The third kappa shape index (κ3) is 6.12. The van der Waals surface area contributed by atoms with Crippen molar-refractivity contribution in [3.05, 3.63) is 35.4 Å². The van der Waals surface area contributed by atoms with E-state index in [0.29, 0.717) is 42.1 Å². The average molecular weight is 332 g/mol. The van der Waals surface area contributed by atoms with Crippen molar-refractivity contribution >= 4 is 10.5 Å². The zero-order valence-corrected chi connectivity index (χ0v) is 15.7. The van der Waals surface area contributed by atoms with E-state index in [9.17, 15) is 8.78 Å². The van der Waals surface area contributed by atoms with E-state index >= 15 is 0 Å². The van der Waals surface area contributed by atoms with Crippen molar-refractivity contribution in [3.63, 3.8) is 0 Å². The minimum atomic E-state index is -0.920. The van der Waals surface area contributed by atoms with Gasteiger partial charge in [0.1, 0.15) is 11.6 Å². The second-order valence-electron chi connectivity index (χ2n) is 5.05. The first-order valence-electron chi connectivity index (χ1n) is 7.84. The zero-order chi connectivity index (χ0) is 16.4. The predicted molar refractivity (Wildman–Crippen MR) is 85.5 cm³/mol. The maximum Gasteiger partial charge on any atom is 0.272 e. The van der Waals surface area contributed by atoms with Gasteiger partial charge in [0.2, 0.25) is 0 Å². The number of aryl methyl sites for hydroxylation is 1. The van der Waals surface area contributed by atoms with Crippen LogP contribution < -0.4 is 0 Å². The molecule has 0 aliphatic rings. The van der Waals surface area contributed by atoms with Gasteiger partial charge < -0.3 is 13.9 Å². The summed E-state index contributed by atoms with van der Waals surface area (Å²) >= 11 is 0. The number of benzene rings is 1. The minimum Gasteiger partial charge on any atom is -0.380 e. The number of halogens is 2. The van der Waals surface area contributed by atoms with Gasteiger partial charge in [0, 0.05) is 25.7 Å². The Kier molecular flexibility index (Phi) is 8.78. The predicted octanol–water partition coefficient (Wildman–Crippen LogP) is 3.09. The van der Waals surface area contributed by atoms with E-state index in [-0.39, 0.29) is 0 Å². The van der Waals surface area contributed by atoms with Crippen molar-refractivity contribution < 1.29 is 22.7 Å². The summed E-state index contributed by atoms with van der Waals surface area (Å²) in [5, 5.41) is 0. The van der Waals surface area contributed by atoms with Crippen molar-refractivity contribution in [2.45, 2.75) is 51.9 Å². The summed E-state index contributed by atoms with van der Waals surface area (Å²) in [5.74, 6) is -1.93. The number of rotatable bonds is 11. The number of hydrogen-bond donors (Lipinski definition) is 0. The normalized spacial score (nSPS) is 12.0. The van der Waals surface area contributed by atoms with Crippen LogP contribution >= 0.6 is 0 Å². The molecule has 0 saturated carbocycles. The molecular formula is C16H26F2O3Si. The molecule has 0 N–H and O–H groups in total. The third-order valence-electron chi connectivity index (χ3n) is 3.48. The van der Waals surface area contributed by atoms with Gasteiger partial charge in [0.25, 0.3) is 5.97 Å². The molecule has 126 valence electrons. The van der Waals surface area contributed by atoms with Gasteiger partial charge >= 0.3 is 0 Å². The van der Waals surface area contributed by atoms with Crippen molar-refractivity contribution in [1.29, 1.82) is 0 Å². The molecule has 0 fully saturated rings. The van der Waals surface area contributed by atoms with Gasteiger partial charge in [-0.15, -0.1) is 0 Å². The van der Waals surface area contributed by atoms with E-state index in [4.69, 9.17) is 13.9 Å². The molecule has 0 radical (unpaired) electrons. The van der Waals surface area contributed by atoms with Crippen LogP contribution in [0.3, 0.4) is 0 Å². The minimum absolute atomic E-state index is 0.471. The van der Waals surface area contributed by atoms with Gasteiger partial charge in [0.15, 0.2) is 10.5 Å². The van der Waals surface area contributed by atoms with Gasteiger partial charge in [-0.2, -0.15) is 0 Å². The van der Waals surface area contributed by atoms with E-state index in [2.05, 4.69) is 0 Å². The highest BCUT2D eigenvalue weighted by molar-refractivity contribution is 5.98. The first-order chi connectivity index (χ1) is 10.6. The summed E-state index contributed by atoms with van der Waals surface area (Å²) in [4.78, 5) is 0. The van der Waals surface area contributed by atoms with Crippen LogP contribution in [0.1, 0.15) is 45.1 Å². The first-order valence-corrected chi connectivity index (χ1v) is 8.65.